The molecule has 1 amide bonds. The summed E-state index contributed by atoms with van der Waals surface area (Å²) in [6.45, 7) is 1.72. The lowest BCUT2D eigenvalue weighted by molar-refractivity contribution is -0.120. The van der Waals surface area contributed by atoms with E-state index >= 15 is 0 Å². The summed E-state index contributed by atoms with van der Waals surface area (Å²) in [5, 5.41) is 3.59. The summed E-state index contributed by atoms with van der Waals surface area (Å²) in [4.78, 5) is 14.0. The average molecular weight is 459 g/mol. The fourth-order valence-corrected chi connectivity index (χ4v) is 6.86. The molecule has 3 rings (SSSR count). The summed E-state index contributed by atoms with van der Waals surface area (Å²) in [6, 6.07) is 10.9. The van der Waals surface area contributed by atoms with E-state index in [-0.39, 0.29) is 12.3 Å². The molecule has 28 heavy (non-hydrogen) atoms. The quantitative estimate of drug-likeness (QED) is 0.479. The minimum Gasteiger partial charge on any atom is -0.355 e. The summed E-state index contributed by atoms with van der Waals surface area (Å²) in [6.07, 6.45) is 3.10. The van der Waals surface area contributed by atoms with Gasteiger partial charge in [0.2, 0.25) is 5.91 Å². The molecule has 5 nitrogen and oxygen atoms in total. The molecule has 1 aromatic carbocycles. The van der Waals surface area contributed by atoms with Gasteiger partial charge in [0, 0.05) is 40.2 Å². The normalized spacial score (nSPS) is 15.5. The Hall–Kier alpha value is -1.06. The predicted molar refractivity (Wildman–Crippen MR) is 116 cm³/mol. The van der Waals surface area contributed by atoms with Gasteiger partial charge < -0.3 is 5.32 Å². The van der Waals surface area contributed by atoms with Crippen molar-refractivity contribution in [3.8, 4) is 0 Å². The number of nitrogens with one attached hydrogen (secondary N) is 1. The van der Waals surface area contributed by atoms with E-state index in [0.717, 1.165) is 34.8 Å². The smallest absolute Gasteiger partial charge is 0.252 e. The molecular weight excluding hydrogens is 436 g/mol. The van der Waals surface area contributed by atoms with Crippen molar-refractivity contribution in [1.82, 2.24) is 9.62 Å². The number of hydrogen-bond donors (Lipinski definition) is 1. The van der Waals surface area contributed by atoms with Gasteiger partial charge in [-0.05, 0) is 49.2 Å². The van der Waals surface area contributed by atoms with Crippen LogP contribution in [-0.2, 0) is 21.2 Å². The van der Waals surface area contributed by atoms with Crippen molar-refractivity contribution in [3.05, 3.63) is 46.3 Å². The van der Waals surface area contributed by atoms with Crippen molar-refractivity contribution in [1.29, 1.82) is 0 Å². The van der Waals surface area contributed by atoms with Crippen molar-refractivity contribution >= 4 is 50.6 Å². The number of carbonyl (C=O) groups is 1. The van der Waals surface area contributed by atoms with Gasteiger partial charge in [0.1, 0.15) is 4.21 Å². The lowest BCUT2D eigenvalue weighted by Crippen LogP contribution is -2.35. The van der Waals surface area contributed by atoms with Crippen LogP contribution in [0.3, 0.4) is 0 Å². The molecule has 0 unspecified atom stereocenters. The number of rotatable bonds is 8. The zero-order chi connectivity index (χ0) is 20.0. The Morgan fingerprint density at radius 2 is 1.82 bits per heavy atom. The Morgan fingerprint density at radius 1 is 1.11 bits per heavy atom. The minimum absolute atomic E-state index is 0.0968. The molecular formula is C19H23ClN2O3S3. The van der Waals surface area contributed by atoms with Gasteiger partial charge in [-0.25, -0.2) is 8.42 Å². The molecule has 1 fully saturated rings. The van der Waals surface area contributed by atoms with E-state index in [4.69, 9.17) is 11.6 Å². The van der Waals surface area contributed by atoms with E-state index < -0.39 is 10.0 Å². The van der Waals surface area contributed by atoms with E-state index in [1.807, 2.05) is 24.3 Å². The first kappa shape index (κ1) is 21.6. The second-order valence-electron chi connectivity index (χ2n) is 6.51. The van der Waals surface area contributed by atoms with Gasteiger partial charge in [-0.15, -0.1) is 23.1 Å². The monoisotopic (exact) mass is 458 g/mol. The number of thiophene rings is 1. The van der Waals surface area contributed by atoms with Gasteiger partial charge in [-0.1, -0.05) is 18.0 Å². The fraction of sp³-hybridized carbons (Fsp3) is 0.421. The predicted octanol–water partition coefficient (Wildman–Crippen LogP) is 4.03. The third kappa shape index (κ3) is 5.97. The highest BCUT2D eigenvalue weighted by Gasteiger charge is 2.27. The number of halogens is 1. The number of benzene rings is 1. The maximum absolute atomic E-state index is 12.7. The maximum Gasteiger partial charge on any atom is 0.252 e. The summed E-state index contributed by atoms with van der Waals surface area (Å²) in [5.74, 6) is 0.660. The SMILES string of the molecule is O=C(Cc1ccc(S(=O)(=O)N2CCCCC2)s1)NCCSc1ccc(Cl)cc1. The molecule has 0 aliphatic carbocycles. The van der Waals surface area contributed by atoms with Crippen LogP contribution in [0.5, 0.6) is 0 Å². The maximum atomic E-state index is 12.7. The number of piperidine rings is 1. The van der Waals surface area contributed by atoms with Crippen LogP contribution in [0.2, 0.25) is 5.02 Å². The van der Waals surface area contributed by atoms with E-state index in [0.29, 0.717) is 28.9 Å². The standard InChI is InChI=1S/C19H23ClN2O3S3/c20-15-4-6-16(7-5-15)26-13-10-21-18(23)14-17-8-9-19(27-17)28(24,25)22-11-2-1-3-12-22/h4-9H,1-3,10-14H2,(H,21,23). The molecule has 1 aromatic heterocycles. The van der Waals surface area contributed by atoms with Crippen molar-refractivity contribution in [2.45, 2.75) is 34.8 Å². The van der Waals surface area contributed by atoms with E-state index in [2.05, 4.69) is 5.32 Å². The van der Waals surface area contributed by atoms with Crippen LogP contribution in [0.1, 0.15) is 24.1 Å². The summed E-state index contributed by atoms with van der Waals surface area (Å²) in [7, 11) is -3.42. The van der Waals surface area contributed by atoms with Crippen molar-refractivity contribution in [2.75, 3.05) is 25.4 Å². The van der Waals surface area contributed by atoms with Crippen LogP contribution >= 0.6 is 34.7 Å². The van der Waals surface area contributed by atoms with Gasteiger partial charge in [-0.3, -0.25) is 4.79 Å². The molecule has 0 radical (unpaired) electrons. The molecule has 152 valence electrons. The largest absolute Gasteiger partial charge is 0.355 e. The first-order chi connectivity index (χ1) is 13.4. The van der Waals surface area contributed by atoms with E-state index in [1.54, 1.807) is 28.2 Å². The number of carbonyl (C=O) groups excluding carboxylic acids is 1. The third-order valence-corrected chi connectivity index (χ3v) is 9.10. The van der Waals surface area contributed by atoms with E-state index in [9.17, 15) is 13.2 Å². The van der Waals surface area contributed by atoms with Crippen LogP contribution in [0, 0.1) is 0 Å². The summed E-state index contributed by atoms with van der Waals surface area (Å²) < 4.78 is 27.2. The fourth-order valence-electron chi connectivity index (χ4n) is 2.94. The van der Waals surface area contributed by atoms with Crippen molar-refractivity contribution in [3.63, 3.8) is 0 Å². The Labute approximate surface area is 179 Å². The van der Waals surface area contributed by atoms with Crippen molar-refractivity contribution in [2.24, 2.45) is 0 Å². The number of hydrogen-bond acceptors (Lipinski definition) is 5. The van der Waals surface area contributed by atoms with Crippen LogP contribution in [0.15, 0.2) is 45.5 Å². The van der Waals surface area contributed by atoms with Gasteiger partial charge in [0.25, 0.3) is 10.0 Å². The molecule has 0 spiro atoms. The highest BCUT2D eigenvalue weighted by atomic mass is 35.5. The van der Waals surface area contributed by atoms with Crippen LogP contribution in [0.4, 0.5) is 0 Å². The first-order valence-electron chi connectivity index (χ1n) is 9.19. The lowest BCUT2D eigenvalue weighted by Gasteiger charge is -2.25. The Balaban J connectivity index is 1.45. The molecule has 9 heteroatoms. The number of sulfonamides is 1. The Morgan fingerprint density at radius 3 is 2.54 bits per heavy atom. The Bertz CT molecular complexity index is 891. The van der Waals surface area contributed by atoms with Gasteiger partial charge in [-0.2, -0.15) is 4.31 Å². The number of nitrogens with zero attached hydrogens (tertiary/aromatic N) is 1. The van der Waals surface area contributed by atoms with Gasteiger partial charge in [0.05, 0.1) is 6.42 Å². The molecule has 1 aliphatic heterocycles. The molecule has 2 aromatic rings. The molecule has 0 saturated carbocycles. The van der Waals surface area contributed by atoms with Crippen molar-refractivity contribution < 1.29 is 13.2 Å². The minimum atomic E-state index is -3.42. The highest BCUT2D eigenvalue weighted by Crippen LogP contribution is 2.27. The van der Waals surface area contributed by atoms with Gasteiger partial charge >= 0.3 is 0 Å². The van der Waals surface area contributed by atoms with Crippen LogP contribution in [0.25, 0.3) is 0 Å². The molecule has 0 atom stereocenters. The molecule has 1 saturated heterocycles. The molecule has 2 heterocycles. The van der Waals surface area contributed by atoms with Gasteiger partial charge in [0.15, 0.2) is 0 Å². The second-order valence-corrected chi connectivity index (χ2v) is 11.5. The van der Waals surface area contributed by atoms with Crippen LogP contribution in [-0.4, -0.2) is 44.0 Å². The topological polar surface area (TPSA) is 66.5 Å². The molecule has 1 N–H and O–H groups in total. The third-order valence-electron chi connectivity index (χ3n) is 4.39. The molecule has 0 bridgehead atoms. The zero-order valence-corrected chi connectivity index (χ0v) is 18.6. The average Bonchev–Trinajstić information content (AvgIpc) is 3.16. The molecule has 1 aliphatic rings. The Kier molecular flexibility index (Phi) is 7.82. The summed E-state index contributed by atoms with van der Waals surface area (Å²) in [5.41, 5.74) is 0. The highest BCUT2D eigenvalue weighted by molar-refractivity contribution is 7.99. The summed E-state index contributed by atoms with van der Waals surface area (Å²) >= 11 is 8.70. The second kappa shape index (κ2) is 10.1. The lowest BCUT2D eigenvalue weighted by atomic mass is 10.2. The zero-order valence-electron chi connectivity index (χ0n) is 15.4. The van der Waals surface area contributed by atoms with E-state index in [1.165, 1.54) is 11.3 Å². The number of amides is 1. The first-order valence-corrected chi connectivity index (χ1v) is 12.8. The number of thioether (sulfide) groups is 1. The van der Waals surface area contributed by atoms with Crippen LogP contribution < -0.4 is 5.32 Å².